The van der Waals surface area contributed by atoms with E-state index >= 15 is 0 Å². The maximum absolute atomic E-state index is 8.52. The van der Waals surface area contributed by atoms with Crippen LogP contribution >= 0.6 is 0 Å². The number of hydrogen-bond acceptors (Lipinski definition) is 60. The summed E-state index contributed by atoms with van der Waals surface area (Å²) < 4.78 is 511. The Labute approximate surface area is 449 Å². The van der Waals surface area contributed by atoms with Gasteiger partial charge in [0, 0.05) is 156 Å². The Bertz CT molecular complexity index is 2190. The minimum atomic E-state index is -5.17. The third kappa shape index (κ3) is 483000. The molecule has 0 heterocycles. The molecule has 2 radical (unpaired) electrons. The predicted octanol–water partition coefficient (Wildman–Crippen LogP) is -20.1. The average Bonchev–Trinajstić information content (AvgIpc) is 2.65. The third-order valence-electron chi connectivity index (χ3n) is 0. The minimum absolute atomic E-state index is 0. The molecule has 0 aliphatic heterocycles. The van der Waals surface area contributed by atoms with E-state index in [4.69, 9.17) is 263 Å². The largest absolute Gasteiger partial charge is 3.00 e. The first-order valence-electron chi connectivity index (χ1n) is 10.00. The van der Waals surface area contributed by atoms with Gasteiger partial charge in [-0.15, -0.1) is 0 Å². The standard InChI is InChI=1S/2Fe.15H2O4S/c;;15*1-5(2,3)4/h;;15*(H2,1,2,3,4)/q2*+3;;;;;;;;;;;;;;;/p-30. The maximum Gasteiger partial charge on any atom is 3.00 e. The van der Waals surface area contributed by atoms with Gasteiger partial charge in [-0.3, -0.25) is 126 Å². The minimum Gasteiger partial charge on any atom is -0.759 e. The molecule has 0 amide bonds. The molecule has 0 saturated heterocycles. The fraction of sp³-hybridized carbons (Fsp3) is 0. The van der Waals surface area contributed by atoms with E-state index in [1.165, 1.54) is 0 Å². The van der Waals surface area contributed by atoms with Crippen LogP contribution in [0, 0.1) is 0 Å². The first-order valence-corrected chi connectivity index (χ1v) is 30.0. The molecule has 0 rings (SSSR count). The van der Waals surface area contributed by atoms with Crippen molar-refractivity contribution in [3.05, 3.63) is 0 Å². The van der Waals surface area contributed by atoms with Crippen LogP contribution in [0.1, 0.15) is 0 Å². The van der Waals surface area contributed by atoms with Crippen molar-refractivity contribution in [3.8, 4) is 0 Å². The van der Waals surface area contributed by atoms with Gasteiger partial charge in [0.15, 0.2) is 0 Å². The molecule has 0 atom stereocenters. The van der Waals surface area contributed by atoms with Gasteiger partial charge in [0.05, 0.1) is 0 Å². The Morgan fingerprint density at radius 2 is 0.0909 bits per heavy atom. The van der Waals surface area contributed by atoms with E-state index in [0.29, 0.717) is 0 Å². The summed E-state index contributed by atoms with van der Waals surface area (Å²) in [4.78, 5) is 0. The number of rotatable bonds is 0. The van der Waals surface area contributed by atoms with Crippen LogP contribution in [0.5, 0.6) is 0 Å². The molecule has 0 bridgehead atoms. The summed E-state index contributed by atoms with van der Waals surface area (Å²) in [7, 11) is -77.5. The van der Waals surface area contributed by atoms with Crippen molar-refractivity contribution in [1.29, 1.82) is 0 Å². The molecule has 0 unspecified atom stereocenters. The zero-order valence-corrected chi connectivity index (χ0v) is 45.8. The van der Waals surface area contributed by atoms with Crippen molar-refractivity contribution >= 4 is 156 Å². The first-order chi connectivity index (χ1) is 30.0. The second-order valence-corrected chi connectivity index (χ2v) is 18.4. The van der Waals surface area contributed by atoms with E-state index in [1.807, 2.05) is 0 Å². The van der Waals surface area contributed by atoms with Crippen LogP contribution in [0.3, 0.4) is 0 Å². The Morgan fingerprint density at radius 1 is 0.0909 bits per heavy atom. The van der Waals surface area contributed by atoms with Gasteiger partial charge in [-0.05, 0) is 0 Å². The van der Waals surface area contributed by atoms with E-state index in [2.05, 4.69) is 0 Å². The van der Waals surface area contributed by atoms with E-state index in [1.54, 1.807) is 0 Å². The molecule has 0 aromatic carbocycles. The van der Waals surface area contributed by atoms with Crippen LogP contribution in [0.25, 0.3) is 0 Å². The molecule has 490 valence electrons. The smallest absolute Gasteiger partial charge is 0.759 e. The molecule has 60 nitrogen and oxygen atoms in total. The molecule has 0 fully saturated rings. The molecular formula is Fe2O60S15-24. The summed E-state index contributed by atoms with van der Waals surface area (Å²) in [6.07, 6.45) is 0. The van der Waals surface area contributed by atoms with Crippen molar-refractivity contribution in [3.63, 3.8) is 0 Å². The van der Waals surface area contributed by atoms with E-state index in [-0.39, 0.29) is 34.1 Å². The fourth-order valence-electron chi connectivity index (χ4n) is 0. The molecular weight excluding hydrogens is 1550 g/mol. The molecule has 0 aliphatic rings. The molecule has 0 aromatic rings. The second-order valence-electron chi connectivity index (χ2n) is 6.12. The molecule has 0 spiro atoms. The topological polar surface area (TPSA) is 1200 Å². The predicted molar refractivity (Wildman–Crippen MR) is 157 cm³/mol. The van der Waals surface area contributed by atoms with Crippen LogP contribution in [0.15, 0.2) is 0 Å². The van der Waals surface area contributed by atoms with Gasteiger partial charge in [0.2, 0.25) is 0 Å². The summed E-state index contributed by atoms with van der Waals surface area (Å²) >= 11 is 0. The summed E-state index contributed by atoms with van der Waals surface area (Å²) in [5.41, 5.74) is 0. The Morgan fingerprint density at radius 3 is 0.0909 bits per heavy atom. The van der Waals surface area contributed by atoms with Crippen LogP contribution < -0.4 is 0 Å². The van der Waals surface area contributed by atoms with E-state index < -0.39 is 156 Å². The van der Waals surface area contributed by atoms with Gasteiger partial charge in [-0.2, -0.15) is 0 Å². The Kier molecular flexibility index (Phi) is 82.9. The Hall–Kier alpha value is -0.911. The van der Waals surface area contributed by atoms with Gasteiger partial charge in [-0.25, -0.2) is 0 Å². The van der Waals surface area contributed by atoms with Gasteiger partial charge in [-0.1, -0.05) is 0 Å². The fourth-order valence-corrected chi connectivity index (χ4v) is 0. The summed E-state index contributed by atoms with van der Waals surface area (Å²) in [6.45, 7) is 0. The molecule has 0 aliphatic carbocycles. The zero-order valence-electron chi connectivity index (χ0n) is 31.3. The van der Waals surface area contributed by atoms with Gasteiger partial charge in [0.25, 0.3) is 0 Å². The van der Waals surface area contributed by atoms with Gasteiger partial charge in [0.1, 0.15) is 0 Å². The Balaban J connectivity index is -0.0000000333. The third-order valence-corrected chi connectivity index (χ3v) is 0. The molecule has 77 heteroatoms. The van der Waals surface area contributed by atoms with Crippen molar-refractivity contribution in [2.45, 2.75) is 0 Å². The summed E-state index contributed by atoms with van der Waals surface area (Å²) in [6, 6.07) is 0. The average molecular weight is 1550 g/mol. The molecule has 0 aromatic heterocycles. The molecule has 77 heavy (non-hydrogen) atoms. The summed E-state index contributed by atoms with van der Waals surface area (Å²) in [5, 5.41) is 0. The summed E-state index contributed by atoms with van der Waals surface area (Å²) in [5.74, 6) is 0. The van der Waals surface area contributed by atoms with Crippen molar-refractivity contribution in [2.24, 2.45) is 0 Å². The van der Waals surface area contributed by atoms with Gasteiger partial charge < -0.3 is 137 Å². The quantitative estimate of drug-likeness (QED) is 0.123. The van der Waals surface area contributed by atoms with Crippen molar-refractivity contribution in [1.82, 2.24) is 0 Å². The molecule has 0 N–H and O–H groups in total. The zero-order chi connectivity index (χ0) is 67.5. The van der Waals surface area contributed by atoms with Crippen LogP contribution in [-0.2, 0) is 190 Å². The normalized spacial score (nSPS) is 11.3. The van der Waals surface area contributed by atoms with Crippen LogP contribution in [0.4, 0.5) is 0 Å². The van der Waals surface area contributed by atoms with Crippen LogP contribution in [-0.4, -0.2) is 263 Å². The second kappa shape index (κ2) is 51.9. The van der Waals surface area contributed by atoms with Gasteiger partial charge >= 0.3 is 34.1 Å². The first kappa shape index (κ1) is 123. The van der Waals surface area contributed by atoms with Crippen molar-refractivity contribution < 1.29 is 297 Å². The maximum atomic E-state index is 8.52. The SMILES string of the molecule is O=S(=O)([O-])[O-].O=S(=O)([O-])[O-].O=S(=O)([O-])[O-].O=S(=O)([O-])[O-].O=S(=O)([O-])[O-].O=S(=O)([O-])[O-].O=S(=O)([O-])[O-].O=S(=O)([O-])[O-].O=S(=O)([O-])[O-].O=S(=O)([O-])[O-].O=S(=O)([O-])[O-].O=S(=O)([O-])[O-].O=S(=O)([O-])[O-].O=S(=O)([O-])[O-].O=S(=O)([O-])[O-].[Fe+3].[Fe+3]. The number of hydrogen-bond donors (Lipinski definition) is 0. The van der Waals surface area contributed by atoms with Crippen molar-refractivity contribution in [2.75, 3.05) is 0 Å². The van der Waals surface area contributed by atoms with E-state index in [9.17, 15) is 0 Å². The molecule has 0 saturated carbocycles. The monoisotopic (exact) mass is 1550 g/mol. The van der Waals surface area contributed by atoms with Crippen LogP contribution in [0.2, 0.25) is 0 Å². The van der Waals surface area contributed by atoms with E-state index in [0.717, 1.165) is 0 Å².